The summed E-state index contributed by atoms with van der Waals surface area (Å²) in [6.45, 7) is 1.87. The summed E-state index contributed by atoms with van der Waals surface area (Å²) < 4.78 is 5.69. The first-order valence-electron chi connectivity index (χ1n) is 9.03. The molecular weight excluding hydrogens is 312 g/mol. The van der Waals surface area contributed by atoms with Crippen LogP contribution in [0.2, 0.25) is 0 Å². The monoisotopic (exact) mass is 344 g/mol. The van der Waals surface area contributed by atoms with Gasteiger partial charge in [0.25, 0.3) is 0 Å². The number of rotatable bonds is 12. The third-order valence-electron chi connectivity index (χ3n) is 4.45. The fourth-order valence-electron chi connectivity index (χ4n) is 2.86. The average Bonchev–Trinajstić information content (AvgIpc) is 2.92. The summed E-state index contributed by atoms with van der Waals surface area (Å²) in [7, 11) is 0. The van der Waals surface area contributed by atoms with Crippen LogP contribution >= 0.6 is 0 Å². The predicted octanol–water partition coefficient (Wildman–Crippen LogP) is 2.01. The highest BCUT2D eigenvalue weighted by molar-refractivity contribution is 5.66. The van der Waals surface area contributed by atoms with Gasteiger partial charge in [0.2, 0.25) is 0 Å². The summed E-state index contributed by atoms with van der Waals surface area (Å²) in [6, 6.07) is 0. The quantitative estimate of drug-likeness (QED) is 0.319. The number of carboxylic acid groups (broad SMARTS) is 1. The molecule has 1 rings (SSSR count). The highest BCUT2D eigenvalue weighted by atomic mass is 16.5. The zero-order valence-electron chi connectivity index (χ0n) is 14.5. The minimum atomic E-state index is -0.752. The molecule has 5 atom stereocenters. The fraction of sp³-hybridized carbons (Fsp3) is 0.833. The van der Waals surface area contributed by atoms with Crippen LogP contribution in [-0.2, 0) is 9.53 Å². The van der Waals surface area contributed by atoms with Crippen molar-refractivity contribution in [3.05, 3.63) is 12.2 Å². The Balaban J connectivity index is 2.18. The van der Waals surface area contributed by atoms with E-state index in [4.69, 9.17) is 9.84 Å². The summed E-state index contributed by atoms with van der Waals surface area (Å²) in [4.78, 5) is 10.4. The summed E-state index contributed by atoms with van der Waals surface area (Å²) in [5.74, 6) is -0.752. The van der Waals surface area contributed by atoms with Crippen molar-refractivity contribution in [2.75, 3.05) is 0 Å². The molecule has 140 valence electrons. The lowest BCUT2D eigenvalue weighted by Crippen LogP contribution is -2.26. The molecule has 0 aromatic rings. The molecule has 0 bridgehead atoms. The van der Waals surface area contributed by atoms with Gasteiger partial charge in [-0.1, -0.05) is 44.8 Å². The number of hydrogen-bond acceptors (Lipinski definition) is 5. The van der Waals surface area contributed by atoms with E-state index in [9.17, 15) is 20.1 Å². The van der Waals surface area contributed by atoms with Crippen molar-refractivity contribution in [2.45, 2.75) is 95.2 Å². The standard InChI is InChI=1S/C18H32O6/c1-2-13(19)10-11-16-15(21)12-17(24-16)14(20)8-6-4-3-5-7-9-18(22)23/h10-11,13-17,19-21H,2-9,12H2,1H3,(H,22,23)/b11-10+/t13-,14-,15-,16+,17-/m0/s1. The smallest absolute Gasteiger partial charge is 0.303 e. The summed E-state index contributed by atoms with van der Waals surface area (Å²) >= 11 is 0. The van der Waals surface area contributed by atoms with Crippen LogP contribution in [0.3, 0.4) is 0 Å². The van der Waals surface area contributed by atoms with Crippen LogP contribution in [0.4, 0.5) is 0 Å². The second-order valence-corrected chi connectivity index (χ2v) is 6.57. The van der Waals surface area contributed by atoms with Gasteiger partial charge in [0, 0.05) is 12.8 Å². The molecule has 24 heavy (non-hydrogen) atoms. The molecule has 1 fully saturated rings. The number of aliphatic carboxylic acids is 1. The lowest BCUT2D eigenvalue weighted by molar-refractivity contribution is -0.137. The van der Waals surface area contributed by atoms with Gasteiger partial charge in [-0.05, 0) is 19.3 Å². The normalized spacial score (nSPS) is 26.8. The molecule has 0 spiro atoms. The number of aliphatic hydroxyl groups is 3. The van der Waals surface area contributed by atoms with Crippen LogP contribution in [0.1, 0.15) is 64.7 Å². The number of unbranched alkanes of at least 4 members (excludes halogenated alkanes) is 4. The second kappa shape index (κ2) is 11.6. The largest absolute Gasteiger partial charge is 0.481 e. The first-order chi connectivity index (χ1) is 11.4. The average molecular weight is 344 g/mol. The first-order valence-corrected chi connectivity index (χ1v) is 9.03. The van der Waals surface area contributed by atoms with Crippen LogP contribution < -0.4 is 0 Å². The molecule has 0 amide bonds. The van der Waals surface area contributed by atoms with Gasteiger partial charge in [-0.25, -0.2) is 0 Å². The Labute approximate surface area is 144 Å². The molecule has 1 aliphatic heterocycles. The van der Waals surface area contributed by atoms with Crippen LogP contribution in [0.15, 0.2) is 12.2 Å². The number of aliphatic hydroxyl groups excluding tert-OH is 3. The van der Waals surface area contributed by atoms with Gasteiger partial charge in [0.05, 0.1) is 24.4 Å². The number of hydrogen-bond donors (Lipinski definition) is 4. The fourth-order valence-corrected chi connectivity index (χ4v) is 2.86. The lowest BCUT2D eigenvalue weighted by Gasteiger charge is -2.18. The topological polar surface area (TPSA) is 107 Å². The molecule has 0 radical (unpaired) electrons. The van der Waals surface area contributed by atoms with Crippen molar-refractivity contribution in [3.63, 3.8) is 0 Å². The number of carboxylic acids is 1. The molecule has 0 aliphatic carbocycles. The van der Waals surface area contributed by atoms with Crippen molar-refractivity contribution < 1.29 is 30.0 Å². The van der Waals surface area contributed by atoms with Gasteiger partial charge in [0.1, 0.15) is 6.10 Å². The Hall–Kier alpha value is -0.950. The third-order valence-corrected chi connectivity index (χ3v) is 4.45. The van der Waals surface area contributed by atoms with Crippen LogP contribution in [0.5, 0.6) is 0 Å². The number of ether oxygens (including phenoxy) is 1. The Morgan fingerprint density at radius 2 is 1.88 bits per heavy atom. The molecule has 0 saturated carbocycles. The molecule has 0 aromatic carbocycles. The molecule has 0 unspecified atom stereocenters. The van der Waals surface area contributed by atoms with E-state index >= 15 is 0 Å². The maximum Gasteiger partial charge on any atom is 0.303 e. The van der Waals surface area contributed by atoms with Crippen molar-refractivity contribution in [2.24, 2.45) is 0 Å². The van der Waals surface area contributed by atoms with Crippen molar-refractivity contribution in [1.82, 2.24) is 0 Å². The van der Waals surface area contributed by atoms with E-state index in [1.165, 1.54) is 0 Å². The van der Waals surface area contributed by atoms with Crippen LogP contribution in [0.25, 0.3) is 0 Å². The highest BCUT2D eigenvalue weighted by Crippen LogP contribution is 2.26. The Morgan fingerprint density at radius 3 is 2.54 bits per heavy atom. The van der Waals surface area contributed by atoms with E-state index in [-0.39, 0.29) is 12.5 Å². The van der Waals surface area contributed by atoms with Gasteiger partial charge in [-0.15, -0.1) is 0 Å². The van der Waals surface area contributed by atoms with Gasteiger partial charge in [-0.3, -0.25) is 4.79 Å². The van der Waals surface area contributed by atoms with E-state index in [1.54, 1.807) is 12.2 Å². The van der Waals surface area contributed by atoms with Gasteiger partial charge >= 0.3 is 5.97 Å². The van der Waals surface area contributed by atoms with Gasteiger partial charge in [-0.2, -0.15) is 0 Å². The van der Waals surface area contributed by atoms with Crippen molar-refractivity contribution >= 4 is 5.97 Å². The van der Waals surface area contributed by atoms with Crippen LogP contribution in [-0.4, -0.2) is 56.9 Å². The highest BCUT2D eigenvalue weighted by Gasteiger charge is 2.36. The molecular formula is C18H32O6. The number of carbonyl (C=O) groups is 1. The minimum absolute atomic E-state index is 0.220. The Morgan fingerprint density at radius 1 is 1.21 bits per heavy atom. The SMILES string of the molecule is CC[C@H](O)/C=C/[C@H]1O[C@H]([C@@H](O)CCCCCCCC(=O)O)C[C@@H]1O. The molecule has 0 aromatic heterocycles. The van der Waals surface area contributed by atoms with E-state index in [0.717, 1.165) is 25.7 Å². The van der Waals surface area contributed by atoms with E-state index < -0.39 is 30.4 Å². The molecule has 1 aliphatic rings. The maximum absolute atomic E-state index is 10.4. The van der Waals surface area contributed by atoms with Crippen LogP contribution in [0, 0.1) is 0 Å². The second-order valence-electron chi connectivity index (χ2n) is 6.57. The maximum atomic E-state index is 10.4. The van der Waals surface area contributed by atoms with Gasteiger partial charge in [0.15, 0.2) is 0 Å². The Bertz CT molecular complexity index is 384. The summed E-state index contributed by atoms with van der Waals surface area (Å²) in [5, 5.41) is 38.2. The van der Waals surface area contributed by atoms with Crippen molar-refractivity contribution in [1.29, 1.82) is 0 Å². The summed E-state index contributed by atoms with van der Waals surface area (Å²) in [5.41, 5.74) is 0. The lowest BCUT2D eigenvalue weighted by atomic mass is 10.0. The zero-order valence-corrected chi connectivity index (χ0v) is 14.5. The predicted molar refractivity (Wildman–Crippen MR) is 90.7 cm³/mol. The zero-order chi connectivity index (χ0) is 17.9. The molecule has 4 N–H and O–H groups in total. The minimum Gasteiger partial charge on any atom is -0.481 e. The molecule has 1 heterocycles. The third kappa shape index (κ3) is 8.24. The molecule has 6 heteroatoms. The Kier molecular flexibility index (Phi) is 10.2. The van der Waals surface area contributed by atoms with E-state index in [0.29, 0.717) is 25.7 Å². The molecule has 6 nitrogen and oxygen atoms in total. The first kappa shape index (κ1) is 21.1. The van der Waals surface area contributed by atoms with Crippen molar-refractivity contribution in [3.8, 4) is 0 Å². The van der Waals surface area contributed by atoms with Gasteiger partial charge < -0.3 is 25.2 Å². The van der Waals surface area contributed by atoms with E-state index in [2.05, 4.69) is 0 Å². The summed E-state index contributed by atoms with van der Waals surface area (Å²) in [6.07, 6.45) is 6.89. The molecule has 1 saturated heterocycles. The van der Waals surface area contributed by atoms with E-state index in [1.807, 2.05) is 6.92 Å².